The van der Waals surface area contributed by atoms with Gasteiger partial charge in [0.05, 0.1) is 23.9 Å². The van der Waals surface area contributed by atoms with Crippen molar-refractivity contribution >= 4 is 28.9 Å². The molecule has 0 amide bonds. The van der Waals surface area contributed by atoms with Gasteiger partial charge in [-0.25, -0.2) is 0 Å². The summed E-state index contributed by atoms with van der Waals surface area (Å²) in [6.45, 7) is 0. The van der Waals surface area contributed by atoms with Crippen LogP contribution in [-0.2, 0) is 33.2 Å². The molecule has 0 saturated heterocycles. The van der Waals surface area contributed by atoms with E-state index in [4.69, 9.17) is 21.8 Å². The summed E-state index contributed by atoms with van der Waals surface area (Å²) >= 11 is -0.826. The number of alkyl halides is 6. The van der Waals surface area contributed by atoms with E-state index in [9.17, 15) is 31.4 Å². The van der Waals surface area contributed by atoms with Crippen LogP contribution >= 0.6 is 17.0 Å². The number of benzene rings is 3. The van der Waals surface area contributed by atoms with Crippen LogP contribution in [0.25, 0.3) is 11.1 Å². The van der Waals surface area contributed by atoms with Gasteiger partial charge >= 0.3 is 50.2 Å². The number of phenolic OH excluding ortho intramolecular Hbond substituents is 1. The first-order valence-electron chi connectivity index (χ1n) is 9.17. The number of aromatic hydroxyl groups is 1. The Morgan fingerprint density at radius 1 is 0.882 bits per heavy atom. The van der Waals surface area contributed by atoms with Crippen molar-refractivity contribution < 1.29 is 57.0 Å². The monoisotopic (exact) mass is 599 g/mol. The van der Waals surface area contributed by atoms with E-state index in [0.29, 0.717) is 29.0 Å². The molecule has 3 rings (SSSR count). The van der Waals surface area contributed by atoms with E-state index >= 15 is 0 Å². The van der Waals surface area contributed by atoms with Gasteiger partial charge in [-0.1, -0.05) is 30.3 Å². The summed E-state index contributed by atoms with van der Waals surface area (Å²) < 4.78 is 83.3. The summed E-state index contributed by atoms with van der Waals surface area (Å²) in [6, 6.07) is 12.6. The second-order valence-electron chi connectivity index (χ2n) is 6.57. The number of hydrogen-bond donors (Lipinski definition) is 1. The summed E-state index contributed by atoms with van der Waals surface area (Å²) in [7, 11) is 11.2. The first-order valence-corrected chi connectivity index (χ1v) is 15.5. The van der Waals surface area contributed by atoms with Crippen LogP contribution in [-0.4, -0.2) is 18.4 Å². The van der Waals surface area contributed by atoms with Crippen LogP contribution in [0.1, 0.15) is 16.7 Å². The van der Waals surface area contributed by atoms with Crippen molar-refractivity contribution in [3.05, 3.63) is 77.4 Å². The number of ether oxygens (including phenoxy) is 1. The molecule has 0 aliphatic heterocycles. The van der Waals surface area contributed by atoms with E-state index in [1.165, 1.54) is 13.2 Å². The fourth-order valence-corrected chi connectivity index (χ4v) is 2.84. The van der Waals surface area contributed by atoms with Crippen molar-refractivity contribution in [1.29, 1.82) is 0 Å². The van der Waals surface area contributed by atoms with E-state index < -0.39 is 50.0 Å². The molecule has 34 heavy (non-hydrogen) atoms. The van der Waals surface area contributed by atoms with Crippen LogP contribution in [0.15, 0.2) is 65.7 Å². The normalized spacial score (nSPS) is 11.7. The molecule has 0 aliphatic carbocycles. The fourth-order valence-electron chi connectivity index (χ4n) is 2.84. The van der Waals surface area contributed by atoms with Gasteiger partial charge in [-0.05, 0) is 35.9 Å². The molecule has 180 valence electrons. The average molecular weight is 601 g/mol. The van der Waals surface area contributed by atoms with Crippen LogP contribution in [0, 0.1) is 0 Å². The quantitative estimate of drug-likeness (QED) is 0.242. The zero-order valence-corrected chi connectivity index (χ0v) is 21.1. The summed E-state index contributed by atoms with van der Waals surface area (Å²) in [5.41, 5.74) is -2.47. The van der Waals surface area contributed by atoms with Crippen molar-refractivity contribution in [2.45, 2.75) is 12.4 Å². The van der Waals surface area contributed by atoms with Gasteiger partial charge in [0.25, 0.3) is 0 Å². The van der Waals surface area contributed by atoms with Gasteiger partial charge in [0.15, 0.2) is 0 Å². The Kier molecular flexibility index (Phi) is 10.0. The number of nitrogens with zero attached hydrogens (tertiary/aromatic N) is 1. The molecule has 3 nitrogen and oxygen atoms in total. The van der Waals surface area contributed by atoms with Crippen molar-refractivity contribution in [3.8, 4) is 22.6 Å². The van der Waals surface area contributed by atoms with E-state index in [2.05, 4.69) is 4.99 Å². The second kappa shape index (κ2) is 12.1. The first-order chi connectivity index (χ1) is 15.9. The molecule has 3 aromatic carbocycles. The number of methoxy groups -OCH3 is 1. The van der Waals surface area contributed by atoms with Gasteiger partial charge in [0.2, 0.25) is 0 Å². The zero-order valence-electron chi connectivity index (χ0n) is 17.2. The summed E-state index contributed by atoms with van der Waals surface area (Å²) in [6.07, 6.45) is -8.98. The van der Waals surface area contributed by atoms with E-state index in [1.54, 1.807) is 36.4 Å². The number of phenols is 1. The molecule has 0 fully saturated rings. The number of aliphatic imine (C=N–C) groups is 1. The Labute approximate surface area is 209 Å². The Morgan fingerprint density at radius 3 is 1.88 bits per heavy atom. The minimum absolute atomic E-state index is 0.0234. The van der Waals surface area contributed by atoms with Crippen molar-refractivity contribution in [3.63, 3.8) is 0 Å². The van der Waals surface area contributed by atoms with Gasteiger partial charge in [-0.15, -0.1) is 0 Å². The third kappa shape index (κ3) is 7.75. The second-order valence-corrected chi connectivity index (χ2v) is 10.3. The molecular formula is C22H15Cl2F6NO2Zr. The molecule has 1 N–H and O–H groups in total. The van der Waals surface area contributed by atoms with E-state index in [1.807, 2.05) is 0 Å². The van der Waals surface area contributed by atoms with Crippen molar-refractivity contribution in [2.24, 2.45) is 4.99 Å². The maximum absolute atomic E-state index is 13.0. The molecular weight excluding hydrogens is 586 g/mol. The standard InChI is InChI=1S/C22H15F6NO2.2ClH.Zr/c1-31-18-7-14(20(30)19(11-18)13-5-3-2-4-6-13)12-29-17-9-15(21(23,24)25)8-16(10-17)22(26,27)28;;;/h2-12,30H,1H3;2*1H;/q;;;+2/p-2. The van der Waals surface area contributed by atoms with Crippen LogP contribution in [0.5, 0.6) is 11.5 Å². The van der Waals surface area contributed by atoms with Crippen LogP contribution in [0.2, 0.25) is 0 Å². The Hall–Kier alpha value is -2.03. The Morgan fingerprint density at radius 2 is 1.41 bits per heavy atom. The van der Waals surface area contributed by atoms with Gasteiger partial charge in [-0.3, -0.25) is 4.99 Å². The predicted octanol–water partition coefficient (Wildman–Crippen LogP) is 8.23. The van der Waals surface area contributed by atoms with Crippen LogP contribution < -0.4 is 4.74 Å². The van der Waals surface area contributed by atoms with Crippen molar-refractivity contribution in [1.82, 2.24) is 0 Å². The molecule has 12 heteroatoms. The zero-order chi connectivity index (χ0) is 25.5. The maximum atomic E-state index is 13.0. The molecule has 0 unspecified atom stereocenters. The van der Waals surface area contributed by atoms with E-state index in [-0.39, 0.29) is 17.4 Å². The molecule has 0 spiro atoms. The summed E-state index contributed by atoms with van der Waals surface area (Å²) in [4.78, 5) is 3.76. The molecule has 0 heterocycles. The molecule has 0 radical (unpaired) electrons. The SMILES string of the molecule is COc1cc(C=Nc2cc(C(F)(F)F)cc(C(F)(F)F)c2)c(O)c(-c2ccccc2)c1.[Cl][Zr][Cl]. The molecule has 0 saturated carbocycles. The number of halogens is 8. The molecule has 0 aliphatic rings. The number of rotatable bonds is 4. The Bertz CT molecular complexity index is 1110. The average Bonchev–Trinajstić information content (AvgIpc) is 2.78. The van der Waals surface area contributed by atoms with Gasteiger partial charge in [-0.2, -0.15) is 26.3 Å². The molecule has 0 atom stereocenters. The molecule has 0 aromatic heterocycles. The first kappa shape index (κ1) is 28.2. The number of hydrogen-bond acceptors (Lipinski definition) is 3. The predicted molar refractivity (Wildman–Crippen MR) is 116 cm³/mol. The van der Waals surface area contributed by atoms with Crippen molar-refractivity contribution in [2.75, 3.05) is 7.11 Å². The summed E-state index contributed by atoms with van der Waals surface area (Å²) in [5.74, 6) is 0.0666. The third-order valence-corrected chi connectivity index (χ3v) is 4.36. The Balaban J connectivity index is 0.00000129. The molecule has 0 bridgehead atoms. The molecule has 3 aromatic rings. The topological polar surface area (TPSA) is 41.8 Å². The van der Waals surface area contributed by atoms with Crippen LogP contribution in [0.4, 0.5) is 32.0 Å². The van der Waals surface area contributed by atoms with E-state index in [0.717, 1.165) is 6.21 Å². The van der Waals surface area contributed by atoms with Gasteiger partial charge < -0.3 is 9.84 Å². The summed E-state index contributed by atoms with van der Waals surface area (Å²) in [5, 5.41) is 10.6. The fraction of sp³-hybridized carbons (Fsp3) is 0.136. The van der Waals surface area contributed by atoms with Gasteiger partial charge in [0, 0.05) is 17.3 Å². The minimum atomic E-state index is -4.98. The third-order valence-electron chi connectivity index (χ3n) is 4.36. The van der Waals surface area contributed by atoms with Crippen LogP contribution in [0.3, 0.4) is 0 Å². The van der Waals surface area contributed by atoms with Gasteiger partial charge in [0.1, 0.15) is 11.5 Å².